The highest BCUT2D eigenvalue weighted by Gasteiger charge is 2.18. The van der Waals surface area contributed by atoms with Gasteiger partial charge in [0.1, 0.15) is 6.61 Å². The Bertz CT molecular complexity index is 193. The van der Waals surface area contributed by atoms with Crippen LogP contribution < -0.4 is 10.6 Å². The van der Waals surface area contributed by atoms with Gasteiger partial charge >= 0.3 is 0 Å². The summed E-state index contributed by atoms with van der Waals surface area (Å²) in [7, 11) is 0. The summed E-state index contributed by atoms with van der Waals surface area (Å²) in [6.07, 6.45) is 1.02. The summed E-state index contributed by atoms with van der Waals surface area (Å²) in [5.41, 5.74) is -0.245. The molecule has 1 amide bonds. The van der Waals surface area contributed by atoms with Crippen LogP contribution in [0.2, 0.25) is 0 Å². The van der Waals surface area contributed by atoms with Gasteiger partial charge in [0, 0.05) is 12.6 Å². The van der Waals surface area contributed by atoms with E-state index >= 15 is 0 Å². The summed E-state index contributed by atoms with van der Waals surface area (Å²) in [5.74, 6) is -0.0198. The molecule has 0 aromatic heterocycles. The van der Waals surface area contributed by atoms with Crippen LogP contribution in [0.4, 0.5) is 0 Å². The fraction of sp³-hybridized carbons (Fsp3) is 0.900. The van der Waals surface area contributed by atoms with Crippen molar-refractivity contribution in [2.24, 2.45) is 0 Å². The summed E-state index contributed by atoms with van der Waals surface area (Å²) in [6.45, 7) is 7.85. The Hall–Kier alpha value is -0.610. The molecular formula is C10H20N2O2. The average Bonchev–Trinajstić information content (AvgIpc) is 2.52. The number of rotatable bonds is 3. The van der Waals surface area contributed by atoms with Gasteiger partial charge in [0.05, 0.1) is 5.60 Å². The zero-order valence-corrected chi connectivity index (χ0v) is 9.22. The zero-order chi connectivity index (χ0) is 10.6. The van der Waals surface area contributed by atoms with Crippen LogP contribution in [0.3, 0.4) is 0 Å². The molecule has 0 radical (unpaired) electrons. The molecular weight excluding hydrogens is 180 g/mol. The summed E-state index contributed by atoms with van der Waals surface area (Å²) >= 11 is 0. The van der Waals surface area contributed by atoms with Gasteiger partial charge in [-0.3, -0.25) is 4.79 Å². The SMILES string of the molecule is CC(C)(C)OCC(=O)N[C@@H]1CCNC1. The lowest BCUT2D eigenvalue weighted by atomic mass is 10.2. The van der Waals surface area contributed by atoms with E-state index in [1.165, 1.54) is 0 Å². The lowest BCUT2D eigenvalue weighted by Crippen LogP contribution is -2.39. The molecule has 0 saturated carbocycles. The van der Waals surface area contributed by atoms with E-state index in [1.54, 1.807) is 0 Å². The van der Waals surface area contributed by atoms with Gasteiger partial charge in [0.15, 0.2) is 0 Å². The number of carbonyl (C=O) groups excluding carboxylic acids is 1. The molecule has 1 fully saturated rings. The Morgan fingerprint density at radius 2 is 2.29 bits per heavy atom. The maximum atomic E-state index is 11.4. The summed E-state index contributed by atoms with van der Waals surface area (Å²) in [5, 5.41) is 6.12. The van der Waals surface area contributed by atoms with Crippen molar-refractivity contribution in [3.8, 4) is 0 Å². The Kier molecular flexibility index (Phi) is 3.89. The monoisotopic (exact) mass is 200 g/mol. The largest absolute Gasteiger partial charge is 0.366 e. The van der Waals surface area contributed by atoms with E-state index in [0.29, 0.717) is 0 Å². The predicted molar refractivity (Wildman–Crippen MR) is 55.1 cm³/mol. The molecule has 2 N–H and O–H groups in total. The van der Waals surface area contributed by atoms with Crippen molar-refractivity contribution in [3.63, 3.8) is 0 Å². The second-order valence-electron chi connectivity index (χ2n) is 4.66. The van der Waals surface area contributed by atoms with Gasteiger partial charge in [-0.2, -0.15) is 0 Å². The number of hydrogen-bond acceptors (Lipinski definition) is 3. The molecule has 1 atom stereocenters. The van der Waals surface area contributed by atoms with E-state index in [2.05, 4.69) is 10.6 Å². The first-order valence-corrected chi connectivity index (χ1v) is 5.11. The van der Waals surface area contributed by atoms with Crippen LogP contribution >= 0.6 is 0 Å². The molecule has 1 heterocycles. The molecule has 82 valence electrons. The molecule has 1 aliphatic heterocycles. The normalized spacial score (nSPS) is 22.4. The number of amides is 1. The maximum absolute atomic E-state index is 11.4. The third kappa shape index (κ3) is 4.58. The first-order valence-electron chi connectivity index (χ1n) is 5.11. The van der Waals surface area contributed by atoms with Gasteiger partial charge in [0.2, 0.25) is 5.91 Å². The molecule has 1 rings (SSSR count). The second-order valence-corrected chi connectivity index (χ2v) is 4.66. The highest BCUT2D eigenvalue weighted by atomic mass is 16.5. The van der Waals surface area contributed by atoms with Crippen molar-refractivity contribution < 1.29 is 9.53 Å². The first kappa shape index (κ1) is 11.5. The van der Waals surface area contributed by atoms with E-state index < -0.39 is 0 Å². The molecule has 0 spiro atoms. The third-order valence-electron chi connectivity index (χ3n) is 2.06. The first-order chi connectivity index (χ1) is 6.47. The predicted octanol–water partition coefficient (Wildman–Crippen LogP) is 0.280. The van der Waals surface area contributed by atoms with Crippen LogP contribution in [0, 0.1) is 0 Å². The fourth-order valence-corrected chi connectivity index (χ4v) is 1.33. The Morgan fingerprint density at radius 3 is 2.79 bits per heavy atom. The fourth-order valence-electron chi connectivity index (χ4n) is 1.33. The molecule has 0 aliphatic carbocycles. The quantitative estimate of drug-likeness (QED) is 0.688. The molecule has 1 saturated heterocycles. The van der Waals surface area contributed by atoms with Gasteiger partial charge < -0.3 is 15.4 Å². The number of hydrogen-bond donors (Lipinski definition) is 2. The van der Waals surface area contributed by atoms with Gasteiger partial charge in [-0.25, -0.2) is 0 Å². The van der Waals surface area contributed by atoms with E-state index in [-0.39, 0.29) is 24.2 Å². The van der Waals surface area contributed by atoms with Crippen molar-refractivity contribution in [1.82, 2.24) is 10.6 Å². The van der Waals surface area contributed by atoms with Gasteiger partial charge in [-0.1, -0.05) is 0 Å². The van der Waals surface area contributed by atoms with E-state index in [9.17, 15) is 4.79 Å². The van der Waals surface area contributed by atoms with Crippen LogP contribution in [0.5, 0.6) is 0 Å². The molecule has 14 heavy (non-hydrogen) atoms. The molecule has 0 bridgehead atoms. The van der Waals surface area contributed by atoms with Crippen LogP contribution in [-0.4, -0.2) is 37.2 Å². The minimum absolute atomic E-state index is 0.0198. The van der Waals surface area contributed by atoms with Crippen molar-refractivity contribution in [2.75, 3.05) is 19.7 Å². The topological polar surface area (TPSA) is 50.4 Å². The molecule has 4 heteroatoms. The summed E-state index contributed by atoms with van der Waals surface area (Å²) in [4.78, 5) is 11.4. The Labute approximate surface area is 85.4 Å². The van der Waals surface area contributed by atoms with E-state index in [0.717, 1.165) is 19.5 Å². The van der Waals surface area contributed by atoms with Crippen LogP contribution in [-0.2, 0) is 9.53 Å². The minimum atomic E-state index is -0.245. The van der Waals surface area contributed by atoms with E-state index in [4.69, 9.17) is 4.74 Å². The van der Waals surface area contributed by atoms with Crippen molar-refractivity contribution in [2.45, 2.75) is 38.8 Å². The number of nitrogens with one attached hydrogen (secondary N) is 2. The molecule has 0 aromatic carbocycles. The van der Waals surface area contributed by atoms with Crippen LogP contribution in [0.15, 0.2) is 0 Å². The second kappa shape index (κ2) is 4.75. The lowest BCUT2D eigenvalue weighted by Gasteiger charge is -2.20. The van der Waals surface area contributed by atoms with Crippen LogP contribution in [0.1, 0.15) is 27.2 Å². The zero-order valence-electron chi connectivity index (χ0n) is 9.22. The van der Waals surface area contributed by atoms with Crippen molar-refractivity contribution in [3.05, 3.63) is 0 Å². The summed E-state index contributed by atoms with van der Waals surface area (Å²) < 4.78 is 5.37. The van der Waals surface area contributed by atoms with Gasteiger partial charge in [-0.15, -0.1) is 0 Å². The molecule has 1 aliphatic rings. The standard InChI is InChI=1S/C10H20N2O2/c1-10(2,3)14-7-9(13)12-8-4-5-11-6-8/h8,11H,4-7H2,1-3H3,(H,12,13)/t8-/m1/s1. The highest BCUT2D eigenvalue weighted by molar-refractivity contribution is 5.77. The smallest absolute Gasteiger partial charge is 0.246 e. The summed E-state index contributed by atoms with van der Waals surface area (Å²) in [6, 6.07) is 0.283. The number of carbonyl (C=O) groups is 1. The lowest BCUT2D eigenvalue weighted by molar-refractivity contribution is -0.131. The highest BCUT2D eigenvalue weighted by Crippen LogP contribution is 2.06. The van der Waals surface area contributed by atoms with E-state index in [1.807, 2.05) is 20.8 Å². The van der Waals surface area contributed by atoms with Crippen LogP contribution in [0.25, 0.3) is 0 Å². The molecule has 0 unspecified atom stereocenters. The maximum Gasteiger partial charge on any atom is 0.246 e. The average molecular weight is 200 g/mol. The minimum Gasteiger partial charge on any atom is -0.366 e. The van der Waals surface area contributed by atoms with Crippen molar-refractivity contribution in [1.29, 1.82) is 0 Å². The van der Waals surface area contributed by atoms with Crippen molar-refractivity contribution >= 4 is 5.91 Å². The Balaban J connectivity index is 2.15. The number of ether oxygens (including phenoxy) is 1. The molecule has 0 aromatic rings. The molecule has 4 nitrogen and oxygen atoms in total. The Morgan fingerprint density at radius 1 is 1.57 bits per heavy atom. The van der Waals surface area contributed by atoms with Gasteiger partial charge in [0.25, 0.3) is 0 Å². The third-order valence-corrected chi connectivity index (χ3v) is 2.06. The van der Waals surface area contributed by atoms with Gasteiger partial charge in [-0.05, 0) is 33.7 Å².